The lowest BCUT2D eigenvalue weighted by molar-refractivity contribution is -0.127. The Bertz CT molecular complexity index is 470. The SMILES string of the molecule is CCCC1(C(=O)Nc2ccc(C)cc2C)CCCNC1. The number of carbonyl (C=O) groups excluding carboxylic acids is 1. The van der Waals surface area contributed by atoms with E-state index in [1.807, 2.05) is 19.1 Å². The van der Waals surface area contributed by atoms with Crippen molar-refractivity contribution in [2.45, 2.75) is 46.5 Å². The van der Waals surface area contributed by atoms with Gasteiger partial charge in [0.05, 0.1) is 5.41 Å². The van der Waals surface area contributed by atoms with E-state index >= 15 is 0 Å². The third-order valence-corrected chi connectivity index (χ3v) is 4.31. The van der Waals surface area contributed by atoms with Crippen LogP contribution in [0, 0.1) is 19.3 Å². The minimum absolute atomic E-state index is 0.179. The fourth-order valence-electron chi connectivity index (χ4n) is 3.18. The molecule has 1 atom stereocenters. The normalized spacial score (nSPS) is 22.6. The number of amides is 1. The predicted octanol–water partition coefficient (Wildman–Crippen LogP) is 3.41. The van der Waals surface area contributed by atoms with Gasteiger partial charge in [0.15, 0.2) is 0 Å². The number of rotatable bonds is 4. The number of nitrogens with one attached hydrogen (secondary N) is 2. The van der Waals surface area contributed by atoms with Crippen LogP contribution >= 0.6 is 0 Å². The van der Waals surface area contributed by atoms with E-state index in [-0.39, 0.29) is 11.3 Å². The van der Waals surface area contributed by atoms with Crippen molar-refractivity contribution in [2.24, 2.45) is 5.41 Å². The highest BCUT2D eigenvalue weighted by atomic mass is 16.2. The van der Waals surface area contributed by atoms with Gasteiger partial charge in [0.2, 0.25) is 5.91 Å². The zero-order valence-electron chi connectivity index (χ0n) is 12.9. The van der Waals surface area contributed by atoms with E-state index in [1.165, 1.54) is 5.56 Å². The first-order valence-electron chi connectivity index (χ1n) is 7.67. The zero-order valence-corrected chi connectivity index (χ0v) is 12.9. The molecule has 1 aliphatic heterocycles. The predicted molar refractivity (Wildman–Crippen MR) is 84.0 cm³/mol. The van der Waals surface area contributed by atoms with Crippen molar-refractivity contribution >= 4 is 11.6 Å². The summed E-state index contributed by atoms with van der Waals surface area (Å²) in [5.74, 6) is 0.179. The number of piperidine rings is 1. The molecule has 1 heterocycles. The Morgan fingerprint density at radius 2 is 2.20 bits per heavy atom. The largest absolute Gasteiger partial charge is 0.325 e. The minimum atomic E-state index is -0.232. The average molecular weight is 274 g/mol. The van der Waals surface area contributed by atoms with Crippen molar-refractivity contribution in [3.05, 3.63) is 29.3 Å². The molecule has 1 aromatic rings. The summed E-state index contributed by atoms with van der Waals surface area (Å²) >= 11 is 0. The van der Waals surface area contributed by atoms with E-state index in [0.29, 0.717) is 0 Å². The van der Waals surface area contributed by atoms with E-state index in [9.17, 15) is 4.79 Å². The molecule has 1 aliphatic rings. The summed E-state index contributed by atoms with van der Waals surface area (Å²) < 4.78 is 0. The Kier molecular flexibility index (Phi) is 4.81. The molecule has 0 saturated carbocycles. The summed E-state index contributed by atoms with van der Waals surface area (Å²) in [5.41, 5.74) is 3.07. The molecule has 1 aromatic carbocycles. The molecule has 0 spiro atoms. The minimum Gasteiger partial charge on any atom is -0.325 e. The lowest BCUT2D eigenvalue weighted by Gasteiger charge is -2.36. The Hall–Kier alpha value is -1.35. The maximum absolute atomic E-state index is 12.8. The molecule has 110 valence electrons. The summed E-state index contributed by atoms with van der Waals surface area (Å²) in [7, 11) is 0. The molecule has 2 rings (SSSR count). The van der Waals surface area contributed by atoms with Gasteiger partial charge in [-0.1, -0.05) is 31.0 Å². The van der Waals surface area contributed by atoms with Crippen LogP contribution < -0.4 is 10.6 Å². The van der Waals surface area contributed by atoms with Crippen LogP contribution in [0.2, 0.25) is 0 Å². The van der Waals surface area contributed by atoms with Crippen LogP contribution in [0.3, 0.4) is 0 Å². The monoisotopic (exact) mass is 274 g/mol. The molecule has 0 aromatic heterocycles. The number of aryl methyl sites for hydroxylation is 2. The number of anilines is 1. The molecule has 20 heavy (non-hydrogen) atoms. The van der Waals surface area contributed by atoms with Crippen LogP contribution in [-0.4, -0.2) is 19.0 Å². The van der Waals surface area contributed by atoms with Gasteiger partial charge in [-0.3, -0.25) is 4.79 Å². The molecule has 0 bridgehead atoms. The second-order valence-corrected chi connectivity index (χ2v) is 6.08. The molecule has 1 amide bonds. The fraction of sp³-hybridized carbons (Fsp3) is 0.588. The van der Waals surface area contributed by atoms with E-state index in [4.69, 9.17) is 0 Å². The molecule has 1 saturated heterocycles. The van der Waals surface area contributed by atoms with Crippen LogP contribution in [-0.2, 0) is 4.79 Å². The zero-order chi connectivity index (χ0) is 14.6. The first-order chi connectivity index (χ1) is 9.57. The van der Waals surface area contributed by atoms with Gasteiger partial charge in [-0.2, -0.15) is 0 Å². The van der Waals surface area contributed by atoms with Crippen LogP contribution in [0.1, 0.15) is 43.7 Å². The van der Waals surface area contributed by atoms with E-state index in [2.05, 4.69) is 30.5 Å². The standard InChI is InChI=1S/C17H26N2O/c1-4-8-17(9-5-10-18-12-17)16(20)19-15-7-6-13(2)11-14(15)3/h6-7,11,18H,4-5,8-10,12H2,1-3H3,(H,19,20). The lowest BCUT2D eigenvalue weighted by Crippen LogP contribution is -2.48. The summed E-state index contributed by atoms with van der Waals surface area (Å²) in [6.07, 6.45) is 4.07. The first kappa shape index (κ1) is 15.0. The molecule has 3 heteroatoms. The van der Waals surface area contributed by atoms with Gasteiger partial charge >= 0.3 is 0 Å². The Morgan fingerprint density at radius 3 is 2.80 bits per heavy atom. The second kappa shape index (κ2) is 6.40. The molecule has 1 fully saturated rings. The number of hydrogen-bond donors (Lipinski definition) is 2. The maximum atomic E-state index is 12.8. The van der Waals surface area contributed by atoms with Crippen molar-refractivity contribution in [2.75, 3.05) is 18.4 Å². The van der Waals surface area contributed by atoms with Crippen LogP contribution in [0.5, 0.6) is 0 Å². The van der Waals surface area contributed by atoms with Gasteiger partial charge in [0.25, 0.3) is 0 Å². The smallest absolute Gasteiger partial charge is 0.231 e. The van der Waals surface area contributed by atoms with Crippen molar-refractivity contribution < 1.29 is 4.79 Å². The lowest BCUT2D eigenvalue weighted by atomic mass is 9.76. The molecule has 1 unspecified atom stereocenters. The van der Waals surface area contributed by atoms with Crippen molar-refractivity contribution in [3.8, 4) is 0 Å². The highest BCUT2D eigenvalue weighted by molar-refractivity contribution is 5.96. The third kappa shape index (κ3) is 3.21. The highest BCUT2D eigenvalue weighted by Gasteiger charge is 2.38. The maximum Gasteiger partial charge on any atom is 0.231 e. The van der Waals surface area contributed by atoms with E-state index < -0.39 is 0 Å². The Labute approximate surface area is 122 Å². The summed E-state index contributed by atoms with van der Waals surface area (Å²) in [6.45, 7) is 8.11. The average Bonchev–Trinajstić information content (AvgIpc) is 2.43. The van der Waals surface area contributed by atoms with Crippen molar-refractivity contribution in [1.82, 2.24) is 5.32 Å². The molecular formula is C17H26N2O. The van der Waals surface area contributed by atoms with Gasteiger partial charge in [-0.15, -0.1) is 0 Å². The molecule has 3 nitrogen and oxygen atoms in total. The van der Waals surface area contributed by atoms with Crippen LogP contribution in [0.4, 0.5) is 5.69 Å². The fourth-order valence-corrected chi connectivity index (χ4v) is 3.18. The molecular weight excluding hydrogens is 248 g/mol. The molecule has 2 N–H and O–H groups in total. The molecule has 0 aliphatic carbocycles. The van der Waals surface area contributed by atoms with Gasteiger partial charge in [0, 0.05) is 12.2 Å². The highest BCUT2D eigenvalue weighted by Crippen LogP contribution is 2.33. The number of carbonyl (C=O) groups is 1. The van der Waals surface area contributed by atoms with Gasteiger partial charge in [-0.25, -0.2) is 0 Å². The first-order valence-corrected chi connectivity index (χ1v) is 7.67. The Balaban J connectivity index is 2.15. The van der Waals surface area contributed by atoms with Crippen LogP contribution in [0.15, 0.2) is 18.2 Å². The van der Waals surface area contributed by atoms with Crippen LogP contribution in [0.25, 0.3) is 0 Å². The summed E-state index contributed by atoms with van der Waals surface area (Å²) in [4.78, 5) is 12.8. The second-order valence-electron chi connectivity index (χ2n) is 6.08. The third-order valence-electron chi connectivity index (χ3n) is 4.31. The number of benzene rings is 1. The van der Waals surface area contributed by atoms with E-state index in [0.717, 1.165) is 50.0 Å². The van der Waals surface area contributed by atoms with E-state index in [1.54, 1.807) is 0 Å². The molecule has 0 radical (unpaired) electrons. The van der Waals surface area contributed by atoms with Crippen molar-refractivity contribution in [1.29, 1.82) is 0 Å². The van der Waals surface area contributed by atoms with Crippen molar-refractivity contribution in [3.63, 3.8) is 0 Å². The quantitative estimate of drug-likeness (QED) is 0.883. The Morgan fingerprint density at radius 1 is 1.40 bits per heavy atom. The van der Waals surface area contributed by atoms with Gasteiger partial charge < -0.3 is 10.6 Å². The summed E-state index contributed by atoms with van der Waals surface area (Å²) in [6, 6.07) is 6.17. The van der Waals surface area contributed by atoms with Gasteiger partial charge in [0.1, 0.15) is 0 Å². The topological polar surface area (TPSA) is 41.1 Å². The van der Waals surface area contributed by atoms with Gasteiger partial charge in [-0.05, 0) is 51.3 Å². The summed E-state index contributed by atoms with van der Waals surface area (Å²) in [5, 5.41) is 6.54. The number of hydrogen-bond acceptors (Lipinski definition) is 2.